The van der Waals surface area contributed by atoms with E-state index in [2.05, 4.69) is 26.2 Å². The lowest BCUT2D eigenvalue weighted by Gasteiger charge is -2.21. The maximum atomic E-state index is 13.3. The van der Waals surface area contributed by atoms with Gasteiger partial charge in [0.25, 0.3) is 5.91 Å². The number of benzene rings is 1. The molecule has 1 aromatic carbocycles. The molecule has 1 saturated heterocycles. The molecule has 1 aromatic heterocycles. The van der Waals surface area contributed by atoms with E-state index in [0.717, 1.165) is 4.47 Å². The van der Waals surface area contributed by atoms with Crippen molar-refractivity contribution in [2.45, 2.75) is 25.2 Å². The van der Waals surface area contributed by atoms with E-state index in [1.54, 1.807) is 15.3 Å². The number of aromatic nitrogens is 1. The Kier molecular flexibility index (Phi) is 8.81. The number of fused-ring (bicyclic) bond motifs is 1. The number of nitrogens with two attached hydrogens (primary N) is 1. The van der Waals surface area contributed by atoms with Crippen LogP contribution in [0.15, 0.2) is 27.6 Å². The number of hydrogen-bond donors (Lipinski definition) is 3. The van der Waals surface area contributed by atoms with Crippen LogP contribution in [0.4, 0.5) is 0 Å². The van der Waals surface area contributed by atoms with Crippen molar-refractivity contribution in [3.8, 4) is 0 Å². The van der Waals surface area contributed by atoms with Crippen LogP contribution in [0.5, 0.6) is 0 Å². The van der Waals surface area contributed by atoms with Gasteiger partial charge in [0.05, 0.1) is 4.90 Å². The van der Waals surface area contributed by atoms with E-state index in [1.165, 1.54) is 0 Å². The molecule has 2 amide bonds. The van der Waals surface area contributed by atoms with Gasteiger partial charge in [-0.25, -0.2) is 8.51 Å². The number of nitrogens with one attached hydrogen (secondary N) is 2. The van der Waals surface area contributed by atoms with Gasteiger partial charge in [0.1, 0.15) is 16.7 Å². The van der Waals surface area contributed by atoms with Crippen LogP contribution in [0.25, 0.3) is 10.9 Å². The second-order valence-corrected chi connectivity index (χ2v) is 8.63. The van der Waals surface area contributed by atoms with Gasteiger partial charge in [-0.15, -0.1) is 0 Å². The van der Waals surface area contributed by atoms with Crippen LogP contribution >= 0.6 is 15.9 Å². The largest absolute Gasteiger partial charge is 0.364 e. The average Bonchev–Trinajstić information content (AvgIpc) is 2.99. The van der Waals surface area contributed by atoms with Gasteiger partial charge in [-0.1, -0.05) is 29.8 Å². The standard InChI is InChI=1S/C17H22BrN5O3S.C2H6/c1-20-5-7-22-8-9-23(6-4-14(22)24)27(26)16-12-10-11(18)2-3-13(12)21-15(16)17(19)25;1-2/h2-3,10,20-21H,4-9H2,1H3,(H2,19,25);1-2H3. The second kappa shape index (κ2) is 10.9. The summed E-state index contributed by atoms with van der Waals surface area (Å²) in [6.45, 7) is 6.63. The molecule has 0 aliphatic carbocycles. The van der Waals surface area contributed by atoms with E-state index < -0.39 is 16.9 Å². The summed E-state index contributed by atoms with van der Waals surface area (Å²) in [5, 5.41) is 3.71. The fraction of sp³-hybridized carbons (Fsp3) is 0.474. The summed E-state index contributed by atoms with van der Waals surface area (Å²) in [5.74, 6) is -0.617. The highest BCUT2D eigenvalue weighted by Gasteiger charge is 2.29. The Morgan fingerprint density at radius 1 is 1.31 bits per heavy atom. The zero-order valence-electron chi connectivity index (χ0n) is 17.0. The van der Waals surface area contributed by atoms with Gasteiger partial charge in [0.15, 0.2) is 0 Å². The number of carbonyl (C=O) groups excluding carboxylic acids is 2. The monoisotopic (exact) mass is 485 g/mol. The van der Waals surface area contributed by atoms with Crippen LogP contribution in [0, 0.1) is 0 Å². The Morgan fingerprint density at radius 2 is 2.03 bits per heavy atom. The zero-order valence-corrected chi connectivity index (χ0v) is 19.4. The third-order valence-corrected chi connectivity index (χ3v) is 6.65. The number of halogens is 1. The lowest BCUT2D eigenvalue weighted by molar-refractivity contribution is -0.130. The van der Waals surface area contributed by atoms with Gasteiger partial charge in [-0.3, -0.25) is 9.59 Å². The summed E-state index contributed by atoms with van der Waals surface area (Å²) >= 11 is 3.41. The van der Waals surface area contributed by atoms with Crippen LogP contribution < -0.4 is 11.1 Å². The fourth-order valence-electron chi connectivity index (χ4n) is 3.12. The molecule has 10 heteroatoms. The first kappa shape index (κ1) is 23.5. The molecule has 0 radical (unpaired) electrons. The summed E-state index contributed by atoms with van der Waals surface area (Å²) in [5.41, 5.74) is 6.34. The van der Waals surface area contributed by atoms with E-state index >= 15 is 0 Å². The highest BCUT2D eigenvalue weighted by atomic mass is 79.9. The molecule has 1 fully saturated rings. The van der Waals surface area contributed by atoms with Gasteiger partial charge in [0.2, 0.25) is 5.91 Å². The van der Waals surface area contributed by atoms with Crippen molar-refractivity contribution in [1.29, 1.82) is 0 Å². The van der Waals surface area contributed by atoms with Crippen LogP contribution in [0.1, 0.15) is 30.8 Å². The molecule has 1 aliphatic rings. The summed E-state index contributed by atoms with van der Waals surface area (Å²) < 4.78 is 15.9. The van der Waals surface area contributed by atoms with E-state index in [-0.39, 0.29) is 18.0 Å². The molecule has 1 atom stereocenters. The van der Waals surface area contributed by atoms with Gasteiger partial charge >= 0.3 is 0 Å². The molecule has 8 nitrogen and oxygen atoms in total. The molecule has 0 bridgehead atoms. The predicted molar refractivity (Wildman–Crippen MR) is 119 cm³/mol. The number of rotatable bonds is 6. The fourth-order valence-corrected chi connectivity index (χ4v) is 4.93. The first-order valence-electron chi connectivity index (χ1n) is 9.62. The minimum atomic E-state index is -1.61. The summed E-state index contributed by atoms with van der Waals surface area (Å²) in [6.07, 6.45) is 0.285. The third-order valence-electron chi connectivity index (χ3n) is 4.55. The zero-order chi connectivity index (χ0) is 21.6. The summed E-state index contributed by atoms with van der Waals surface area (Å²) in [4.78, 5) is 29.3. The number of likely N-dealkylation sites (N-methyl/N-ethyl adjacent to an activating group) is 1. The molecule has 29 heavy (non-hydrogen) atoms. The Morgan fingerprint density at radius 3 is 2.69 bits per heavy atom. The van der Waals surface area contributed by atoms with Crippen LogP contribution in [0.2, 0.25) is 0 Å². The Labute approximate surface area is 181 Å². The molecule has 1 unspecified atom stereocenters. The minimum absolute atomic E-state index is 0.0431. The Bertz CT molecular complexity index is 901. The second-order valence-electron chi connectivity index (χ2n) is 6.30. The van der Waals surface area contributed by atoms with Crippen molar-refractivity contribution < 1.29 is 13.8 Å². The number of aromatic amines is 1. The number of primary amides is 1. The molecule has 0 saturated carbocycles. The molecular weight excluding hydrogens is 458 g/mol. The van der Waals surface area contributed by atoms with E-state index in [1.807, 2.05) is 33.0 Å². The number of amides is 2. The maximum absolute atomic E-state index is 13.3. The number of nitrogens with zero attached hydrogens (tertiary/aromatic N) is 2. The van der Waals surface area contributed by atoms with Crippen LogP contribution in [-0.4, -0.2) is 70.0 Å². The highest BCUT2D eigenvalue weighted by molar-refractivity contribution is 9.10. The van der Waals surface area contributed by atoms with Gasteiger partial charge in [0, 0.05) is 54.5 Å². The van der Waals surface area contributed by atoms with E-state index in [4.69, 9.17) is 5.73 Å². The molecular formula is C19H28BrN5O3S. The van der Waals surface area contributed by atoms with Crippen molar-refractivity contribution in [2.24, 2.45) is 5.73 Å². The minimum Gasteiger partial charge on any atom is -0.364 e. The molecule has 160 valence electrons. The van der Waals surface area contributed by atoms with Gasteiger partial charge in [-0.05, 0) is 25.2 Å². The van der Waals surface area contributed by atoms with Crippen LogP contribution in [-0.2, 0) is 15.8 Å². The number of carbonyl (C=O) groups is 2. The molecule has 1 aliphatic heterocycles. The predicted octanol–water partition coefficient (Wildman–Crippen LogP) is 1.83. The Balaban J connectivity index is 0.00000145. The molecule has 3 rings (SSSR count). The van der Waals surface area contributed by atoms with Crippen LogP contribution in [0.3, 0.4) is 0 Å². The normalized spacial score (nSPS) is 16.3. The molecule has 2 heterocycles. The summed E-state index contributed by atoms with van der Waals surface area (Å²) in [7, 11) is 0.223. The lowest BCUT2D eigenvalue weighted by atomic mass is 10.2. The van der Waals surface area contributed by atoms with Crippen molar-refractivity contribution in [2.75, 3.05) is 39.8 Å². The van der Waals surface area contributed by atoms with Crippen molar-refractivity contribution in [3.63, 3.8) is 0 Å². The van der Waals surface area contributed by atoms with E-state index in [0.29, 0.717) is 48.5 Å². The smallest absolute Gasteiger partial charge is 0.266 e. The topological polar surface area (TPSA) is 112 Å². The average molecular weight is 486 g/mol. The van der Waals surface area contributed by atoms with Crippen molar-refractivity contribution in [1.82, 2.24) is 19.5 Å². The van der Waals surface area contributed by atoms with Crippen molar-refractivity contribution >= 4 is 49.6 Å². The lowest BCUT2D eigenvalue weighted by Crippen LogP contribution is -2.37. The maximum Gasteiger partial charge on any atom is 0.266 e. The third kappa shape index (κ3) is 5.44. The number of H-pyrrole nitrogens is 1. The summed E-state index contributed by atoms with van der Waals surface area (Å²) in [6, 6.07) is 5.45. The van der Waals surface area contributed by atoms with Gasteiger partial charge in [-0.2, -0.15) is 0 Å². The molecule has 2 aromatic rings. The molecule has 4 N–H and O–H groups in total. The van der Waals surface area contributed by atoms with E-state index in [9.17, 15) is 13.8 Å². The van der Waals surface area contributed by atoms with Crippen molar-refractivity contribution in [3.05, 3.63) is 28.4 Å². The number of hydrogen-bond acceptors (Lipinski definition) is 4. The Hall–Kier alpha value is -1.75. The molecule has 0 spiro atoms. The first-order chi connectivity index (χ1) is 13.9. The SMILES string of the molecule is CC.CNCCN1CCN(S(=O)c2c(C(N)=O)[nH]c3ccc(Br)cc23)CCC1=O. The quantitative estimate of drug-likeness (QED) is 0.579. The highest BCUT2D eigenvalue weighted by Crippen LogP contribution is 2.30. The van der Waals surface area contributed by atoms with Gasteiger partial charge < -0.3 is 20.9 Å². The first-order valence-corrected chi connectivity index (χ1v) is 11.5.